The Hall–Kier alpha value is -1.18. The summed E-state index contributed by atoms with van der Waals surface area (Å²) in [4.78, 5) is 13.8. The summed E-state index contributed by atoms with van der Waals surface area (Å²) in [7, 11) is 0. The lowest BCUT2D eigenvalue weighted by Gasteiger charge is -2.13. The lowest BCUT2D eigenvalue weighted by molar-refractivity contribution is 0.742. The molecule has 3 rings (SSSR count). The Morgan fingerprint density at radius 1 is 1.33 bits per heavy atom. The van der Waals surface area contributed by atoms with Crippen molar-refractivity contribution >= 4 is 28.4 Å². The van der Waals surface area contributed by atoms with E-state index in [0.717, 1.165) is 46.0 Å². The fraction of sp³-hybridized carbons (Fsp3) is 0.533. The van der Waals surface area contributed by atoms with Crippen molar-refractivity contribution in [3.8, 4) is 11.5 Å². The van der Waals surface area contributed by atoms with Crippen molar-refractivity contribution in [1.29, 1.82) is 0 Å². The highest BCUT2D eigenvalue weighted by Gasteiger charge is 2.27. The van der Waals surface area contributed by atoms with Crippen LogP contribution in [0.15, 0.2) is 12.5 Å². The summed E-state index contributed by atoms with van der Waals surface area (Å²) < 4.78 is 3.34. The second kappa shape index (κ2) is 6.29. The van der Waals surface area contributed by atoms with E-state index in [4.69, 9.17) is 9.97 Å². The van der Waals surface area contributed by atoms with Gasteiger partial charge >= 0.3 is 0 Å². The van der Waals surface area contributed by atoms with E-state index in [9.17, 15) is 0 Å². The molecule has 0 radical (unpaired) electrons. The summed E-state index contributed by atoms with van der Waals surface area (Å²) in [6, 6.07) is 0.586. The van der Waals surface area contributed by atoms with Crippen LogP contribution >= 0.6 is 22.6 Å². The summed E-state index contributed by atoms with van der Waals surface area (Å²) in [5.41, 5.74) is 2.13. The molecule has 1 aliphatic carbocycles. The molecular formula is C15H20IN5. The molecule has 112 valence electrons. The standard InChI is InChI=1S/C15H20IN5/c1-3-7-18-15-13(16)11(4-2)19-14(20-15)12-8-17-9-21(12)10-5-6-10/h8-10H,3-7H2,1-2H3,(H,18,19,20). The minimum Gasteiger partial charge on any atom is -0.369 e. The summed E-state index contributed by atoms with van der Waals surface area (Å²) in [6.07, 6.45) is 8.23. The van der Waals surface area contributed by atoms with Crippen LogP contribution in [-0.4, -0.2) is 26.1 Å². The number of rotatable bonds is 6. The van der Waals surface area contributed by atoms with Crippen molar-refractivity contribution in [3.05, 3.63) is 21.8 Å². The minimum atomic E-state index is 0.586. The van der Waals surface area contributed by atoms with Crippen LogP contribution in [0, 0.1) is 3.57 Å². The fourth-order valence-electron chi connectivity index (χ4n) is 2.32. The molecule has 1 aliphatic rings. The summed E-state index contributed by atoms with van der Waals surface area (Å²) >= 11 is 2.34. The molecule has 0 atom stereocenters. The van der Waals surface area contributed by atoms with Crippen molar-refractivity contribution in [2.75, 3.05) is 11.9 Å². The smallest absolute Gasteiger partial charge is 0.180 e. The fourth-order valence-corrected chi connectivity index (χ4v) is 3.14. The number of anilines is 1. The van der Waals surface area contributed by atoms with Gasteiger partial charge in [-0.3, -0.25) is 0 Å². The third-order valence-electron chi connectivity index (χ3n) is 3.63. The molecule has 0 saturated heterocycles. The monoisotopic (exact) mass is 397 g/mol. The molecule has 0 amide bonds. The lowest BCUT2D eigenvalue weighted by Crippen LogP contribution is -2.10. The number of imidazole rings is 1. The van der Waals surface area contributed by atoms with E-state index >= 15 is 0 Å². The zero-order valence-corrected chi connectivity index (χ0v) is 14.6. The maximum Gasteiger partial charge on any atom is 0.180 e. The molecule has 5 nitrogen and oxygen atoms in total. The van der Waals surface area contributed by atoms with Crippen molar-refractivity contribution in [3.63, 3.8) is 0 Å². The topological polar surface area (TPSA) is 55.6 Å². The average molecular weight is 397 g/mol. The van der Waals surface area contributed by atoms with Gasteiger partial charge in [-0.15, -0.1) is 0 Å². The van der Waals surface area contributed by atoms with E-state index < -0.39 is 0 Å². The first-order valence-corrected chi connectivity index (χ1v) is 8.65. The molecule has 0 spiro atoms. The van der Waals surface area contributed by atoms with E-state index in [-0.39, 0.29) is 0 Å². The predicted molar refractivity (Wildman–Crippen MR) is 92.4 cm³/mol. The Balaban J connectivity index is 2.02. The third kappa shape index (κ3) is 3.04. The molecule has 21 heavy (non-hydrogen) atoms. The molecule has 6 heteroatoms. The molecule has 2 aromatic rings. The number of aromatic nitrogens is 4. The van der Waals surface area contributed by atoms with Crippen LogP contribution in [0.3, 0.4) is 0 Å². The highest BCUT2D eigenvalue weighted by Crippen LogP contribution is 2.38. The van der Waals surface area contributed by atoms with E-state index in [0.29, 0.717) is 6.04 Å². The second-order valence-corrected chi connectivity index (χ2v) is 6.43. The largest absolute Gasteiger partial charge is 0.369 e. The Labute approximate surface area is 138 Å². The number of nitrogens with one attached hydrogen (secondary N) is 1. The maximum absolute atomic E-state index is 4.75. The van der Waals surface area contributed by atoms with E-state index in [1.54, 1.807) is 0 Å². The molecule has 2 aromatic heterocycles. The summed E-state index contributed by atoms with van der Waals surface area (Å²) in [5, 5.41) is 3.42. The Morgan fingerprint density at radius 2 is 2.14 bits per heavy atom. The molecule has 1 N–H and O–H groups in total. The van der Waals surface area contributed by atoms with Crippen molar-refractivity contribution in [2.24, 2.45) is 0 Å². The van der Waals surface area contributed by atoms with Crippen LogP contribution in [-0.2, 0) is 6.42 Å². The third-order valence-corrected chi connectivity index (χ3v) is 4.77. The zero-order chi connectivity index (χ0) is 14.8. The first-order valence-electron chi connectivity index (χ1n) is 7.57. The Morgan fingerprint density at radius 3 is 2.81 bits per heavy atom. The SMILES string of the molecule is CCCNc1nc(-c2cncn2C2CC2)nc(CC)c1I. The molecule has 0 unspecified atom stereocenters. The van der Waals surface area contributed by atoms with Crippen molar-refractivity contribution in [2.45, 2.75) is 45.6 Å². The van der Waals surface area contributed by atoms with Gasteiger partial charge in [0.15, 0.2) is 5.82 Å². The van der Waals surface area contributed by atoms with Crippen LogP contribution in [0.2, 0.25) is 0 Å². The highest BCUT2D eigenvalue weighted by molar-refractivity contribution is 14.1. The molecule has 1 fully saturated rings. The molecule has 1 saturated carbocycles. The molecule has 2 heterocycles. The molecular weight excluding hydrogens is 377 g/mol. The predicted octanol–water partition coefficient (Wildman–Crippen LogP) is 3.66. The van der Waals surface area contributed by atoms with Crippen molar-refractivity contribution in [1.82, 2.24) is 19.5 Å². The lowest BCUT2D eigenvalue weighted by atomic mass is 10.3. The molecule has 0 aromatic carbocycles. The highest BCUT2D eigenvalue weighted by atomic mass is 127. The minimum absolute atomic E-state index is 0.586. The van der Waals surface area contributed by atoms with Crippen LogP contribution in [0.25, 0.3) is 11.5 Å². The van der Waals surface area contributed by atoms with E-state index in [1.165, 1.54) is 12.8 Å². The first kappa shape index (κ1) is 14.7. The van der Waals surface area contributed by atoms with Gasteiger partial charge in [-0.05, 0) is 48.3 Å². The van der Waals surface area contributed by atoms with Crippen molar-refractivity contribution < 1.29 is 0 Å². The van der Waals surface area contributed by atoms with Gasteiger partial charge < -0.3 is 9.88 Å². The second-order valence-electron chi connectivity index (χ2n) is 5.35. The van der Waals surface area contributed by atoms with Crippen LogP contribution in [0.5, 0.6) is 0 Å². The van der Waals surface area contributed by atoms with Gasteiger partial charge in [0.05, 0.1) is 21.8 Å². The molecule has 0 bridgehead atoms. The quantitative estimate of drug-likeness (QED) is 0.756. The average Bonchev–Trinajstić information content (AvgIpc) is 3.23. The van der Waals surface area contributed by atoms with Gasteiger partial charge in [0, 0.05) is 12.6 Å². The van der Waals surface area contributed by atoms with Gasteiger partial charge in [-0.2, -0.15) is 0 Å². The number of halogens is 1. The zero-order valence-electron chi connectivity index (χ0n) is 12.4. The Kier molecular flexibility index (Phi) is 4.42. The molecule has 0 aliphatic heterocycles. The van der Waals surface area contributed by atoms with Gasteiger partial charge in [0.25, 0.3) is 0 Å². The summed E-state index contributed by atoms with van der Waals surface area (Å²) in [5.74, 6) is 1.73. The number of nitrogens with zero attached hydrogens (tertiary/aromatic N) is 4. The van der Waals surface area contributed by atoms with Crippen LogP contribution in [0.1, 0.15) is 44.8 Å². The first-order chi connectivity index (χ1) is 10.2. The number of hydrogen-bond donors (Lipinski definition) is 1. The van der Waals surface area contributed by atoms with Crippen LogP contribution < -0.4 is 5.32 Å². The van der Waals surface area contributed by atoms with E-state index in [2.05, 4.69) is 51.3 Å². The maximum atomic E-state index is 4.75. The van der Waals surface area contributed by atoms with Crippen LogP contribution in [0.4, 0.5) is 5.82 Å². The number of aryl methyl sites for hydroxylation is 1. The summed E-state index contributed by atoms with van der Waals surface area (Å²) in [6.45, 7) is 5.22. The van der Waals surface area contributed by atoms with Gasteiger partial charge in [-0.25, -0.2) is 15.0 Å². The Bertz CT molecular complexity index is 633. The van der Waals surface area contributed by atoms with E-state index in [1.807, 2.05) is 12.5 Å². The van der Waals surface area contributed by atoms with Gasteiger partial charge in [0.1, 0.15) is 11.5 Å². The van der Waals surface area contributed by atoms with Gasteiger partial charge in [0.2, 0.25) is 0 Å². The van der Waals surface area contributed by atoms with Gasteiger partial charge in [-0.1, -0.05) is 13.8 Å². The number of hydrogen-bond acceptors (Lipinski definition) is 4. The normalized spacial score (nSPS) is 14.4.